The van der Waals surface area contributed by atoms with Gasteiger partial charge in [0.15, 0.2) is 25.5 Å². The molecular formula is C13H20F3N2O3+. The first-order valence-electron chi connectivity index (χ1n) is 6.93. The molecular weight excluding hydrogens is 289 g/mol. The average Bonchev–Trinajstić information content (AvgIpc) is 2.46. The van der Waals surface area contributed by atoms with E-state index in [0.717, 1.165) is 0 Å². The molecule has 120 valence electrons. The normalized spacial score (nSPS) is 21.4. The fraction of sp³-hybridized carbons (Fsp3) is 0.769. The third kappa shape index (κ3) is 6.34. The van der Waals surface area contributed by atoms with Crippen molar-refractivity contribution in [2.75, 3.05) is 59.2 Å². The van der Waals surface area contributed by atoms with Gasteiger partial charge in [-0.15, -0.1) is 0 Å². The standard InChI is InChI=1S/C13H20F3N2O3/c14-13(15,16)11-21-12(9-17-1-5-19-6-2-17)10-18-3-7-20-8-4-18/h9-10H,1-8,11H2/q+1. The Kier molecular flexibility index (Phi) is 5.86. The summed E-state index contributed by atoms with van der Waals surface area (Å²) in [7, 11) is 0. The number of ether oxygens (including phenoxy) is 3. The molecule has 21 heavy (non-hydrogen) atoms. The van der Waals surface area contributed by atoms with E-state index in [-0.39, 0.29) is 5.76 Å². The summed E-state index contributed by atoms with van der Waals surface area (Å²) in [5.41, 5.74) is 0. The van der Waals surface area contributed by atoms with Crippen LogP contribution in [0.2, 0.25) is 0 Å². The lowest BCUT2D eigenvalue weighted by Crippen LogP contribution is -2.34. The number of nitrogens with zero attached hydrogens (tertiary/aromatic N) is 2. The van der Waals surface area contributed by atoms with Crippen molar-refractivity contribution < 1.29 is 32.0 Å². The molecule has 2 heterocycles. The minimum atomic E-state index is -4.34. The molecule has 0 aliphatic carbocycles. The predicted molar refractivity (Wildman–Crippen MR) is 69.4 cm³/mol. The Bertz CT molecular complexity index is 383. The zero-order valence-corrected chi connectivity index (χ0v) is 11.8. The Morgan fingerprint density at radius 3 is 2.33 bits per heavy atom. The van der Waals surface area contributed by atoms with Crippen molar-refractivity contribution in [3.05, 3.63) is 12.0 Å². The van der Waals surface area contributed by atoms with E-state index >= 15 is 0 Å². The topological polar surface area (TPSA) is 33.9 Å². The summed E-state index contributed by atoms with van der Waals surface area (Å²) in [5, 5.41) is 0. The van der Waals surface area contributed by atoms with Crippen LogP contribution in [-0.4, -0.2) is 81.1 Å². The highest BCUT2D eigenvalue weighted by Gasteiger charge is 2.29. The van der Waals surface area contributed by atoms with Crippen molar-refractivity contribution >= 4 is 6.21 Å². The van der Waals surface area contributed by atoms with Gasteiger partial charge in [0.25, 0.3) is 0 Å². The summed E-state index contributed by atoms with van der Waals surface area (Å²) in [4.78, 5) is 1.91. The molecule has 0 radical (unpaired) electrons. The third-order valence-corrected chi connectivity index (χ3v) is 3.11. The van der Waals surface area contributed by atoms with Crippen molar-refractivity contribution in [2.45, 2.75) is 6.18 Å². The van der Waals surface area contributed by atoms with Gasteiger partial charge in [-0.25, -0.2) is 4.58 Å². The maximum absolute atomic E-state index is 12.3. The van der Waals surface area contributed by atoms with Gasteiger partial charge in [-0.05, 0) is 0 Å². The van der Waals surface area contributed by atoms with E-state index in [2.05, 4.69) is 0 Å². The molecule has 8 heteroatoms. The summed E-state index contributed by atoms with van der Waals surface area (Å²) in [6, 6.07) is 0. The maximum Gasteiger partial charge on any atom is 0.422 e. The Labute approximate surface area is 121 Å². The molecule has 0 atom stereocenters. The molecule has 2 aliphatic rings. The van der Waals surface area contributed by atoms with Gasteiger partial charge in [-0.1, -0.05) is 0 Å². The Morgan fingerprint density at radius 1 is 1.10 bits per heavy atom. The second kappa shape index (κ2) is 7.65. The first-order valence-corrected chi connectivity index (χ1v) is 6.93. The molecule has 2 aliphatic heterocycles. The molecule has 0 N–H and O–H groups in total. The van der Waals surface area contributed by atoms with Gasteiger partial charge < -0.3 is 19.1 Å². The lowest BCUT2D eigenvalue weighted by molar-refractivity contribution is -0.545. The molecule has 0 bridgehead atoms. The summed E-state index contributed by atoms with van der Waals surface area (Å²) in [6.07, 6.45) is -1.09. The van der Waals surface area contributed by atoms with Crippen molar-refractivity contribution in [3.8, 4) is 0 Å². The van der Waals surface area contributed by atoms with Gasteiger partial charge in [-0.2, -0.15) is 13.2 Å². The van der Waals surface area contributed by atoms with Crippen molar-refractivity contribution in [3.63, 3.8) is 0 Å². The quantitative estimate of drug-likeness (QED) is 0.570. The molecule has 0 saturated carbocycles. The monoisotopic (exact) mass is 309 g/mol. The smallest absolute Gasteiger partial charge is 0.422 e. The molecule has 0 aromatic heterocycles. The summed E-state index contributed by atoms with van der Waals surface area (Å²) < 4.78 is 54.3. The highest BCUT2D eigenvalue weighted by molar-refractivity contribution is 5.71. The molecule has 0 aromatic carbocycles. The zero-order chi connectivity index (χ0) is 15.1. The SMILES string of the molecule is FC(F)(F)CO/C(C=[N+]1CCOCC1)=C\N1CCOCC1. The van der Waals surface area contributed by atoms with Crippen LogP contribution >= 0.6 is 0 Å². The molecule has 2 rings (SSSR count). The van der Waals surface area contributed by atoms with Crippen LogP contribution in [-0.2, 0) is 14.2 Å². The molecule has 0 spiro atoms. The first kappa shape index (κ1) is 16.1. The second-order valence-electron chi connectivity index (χ2n) is 4.86. The average molecular weight is 309 g/mol. The Hall–Kier alpha value is -1.28. The van der Waals surface area contributed by atoms with E-state index in [4.69, 9.17) is 14.2 Å². The largest absolute Gasteiger partial charge is 0.477 e. The van der Waals surface area contributed by atoms with Crippen LogP contribution in [0.5, 0.6) is 0 Å². The van der Waals surface area contributed by atoms with E-state index in [1.165, 1.54) is 0 Å². The van der Waals surface area contributed by atoms with Crippen LogP contribution in [0.25, 0.3) is 0 Å². The van der Waals surface area contributed by atoms with Crippen LogP contribution in [0.15, 0.2) is 12.0 Å². The van der Waals surface area contributed by atoms with E-state index in [1.54, 1.807) is 12.4 Å². The number of rotatable bonds is 4. The molecule has 2 saturated heterocycles. The van der Waals surface area contributed by atoms with Crippen molar-refractivity contribution in [1.29, 1.82) is 0 Å². The predicted octanol–water partition coefficient (Wildman–Crippen LogP) is 0.852. The van der Waals surface area contributed by atoms with Crippen LogP contribution in [0.1, 0.15) is 0 Å². The summed E-state index contributed by atoms with van der Waals surface area (Å²) >= 11 is 0. The molecule has 5 nitrogen and oxygen atoms in total. The molecule has 0 unspecified atom stereocenters. The number of morpholine rings is 2. The van der Waals surface area contributed by atoms with Crippen molar-refractivity contribution in [2.24, 2.45) is 0 Å². The zero-order valence-electron chi connectivity index (χ0n) is 11.8. The van der Waals surface area contributed by atoms with E-state index in [9.17, 15) is 13.2 Å². The van der Waals surface area contributed by atoms with Gasteiger partial charge in [0.2, 0.25) is 6.21 Å². The number of allylic oxidation sites excluding steroid dienone is 1. The van der Waals surface area contributed by atoms with E-state index < -0.39 is 12.8 Å². The minimum absolute atomic E-state index is 0.219. The lowest BCUT2D eigenvalue weighted by Gasteiger charge is -2.25. The maximum atomic E-state index is 12.3. The second-order valence-corrected chi connectivity index (χ2v) is 4.86. The van der Waals surface area contributed by atoms with Crippen molar-refractivity contribution in [1.82, 2.24) is 4.90 Å². The van der Waals surface area contributed by atoms with E-state index in [1.807, 2.05) is 9.48 Å². The van der Waals surface area contributed by atoms with Gasteiger partial charge >= 0.3 is 6.18 Å². The lowest BCUT2D eigenvalue weighted by atomic mass is 10.4. The fourth-order valence-electron chi connectivity index (χ4n) is 2.05. The third-order valence-electron chi connectivity index (χ3n) is 3.11. The highest BCUT2D eigenvalue weighted by Crippen LogP contribution is 2.16. The van der Waals surface area contributed by atoms with Gasteiger partial charge in [0.1, 0.15) is 13.2 Å². The van der Waals surface area contributed by atoms with E-state index in [0.29, 0.717) is 52.6 Å². The Morgan fingerprint density at radius 2 is 1.71 bits per heavy atom. The summed E-state index contributed by atoms with van der Waals surface area (Å²) in [6.45, 7) is 3.59. The van der Waals surface area contributed by atoms with Gasteiger partial charge in [0, 0.05) is 19.3 Å². The van der Waals surface area contributed by atoms with Crippen LogP contribution in [0.3, 0.4) is 0 Å². The van der Waals surface area contributed by atoms with Gasteiger partial charge in [0.05, 0.1) is 13.2 Å². The molecule has 0 aromatic rings. The number of hydrogen-bond donors (Lipinski definition) is 0. The van der Waals surface area contributed by atoms with Crippen LogP contribution in [0.4, 0.5) is 13.2 Å². The number of hydrogen-bond acceptors (Lipinski definition) is 4. The fourth-order valence-corrected chi connectivity index (χ4v) is 2.05. The summed E-state index contributed by atoms with van der Waals surface area (Å²) in [5.74, 6) is 0.219. The van der Waals surface area contributed by atoms with Crippen LogP contribution in [0, 0.1) is 0 Å². The molecule has 2 fully saturated rings. The Balaban J connectivity index is 2.02. The number of halogens is 3. The number of alkyl halides is 3. The van der Waals surface area contributed by atoms with Gasteiger partial charge in [-0.3, -0.25) is 0 Å². The van der Waals surface area contributed by atoms with Crippen LogP contribution < -0.4 is 0 Å². The first-order chi connectivity index (χ1) is 10.0. The minimum Gasteiger partial charge on any atom is -0.477 e. The highest BCUT2D eigenvalue weighted by atomic mass is 19.4. The molecule has 0 amide bonds.